The van der Waals surface area contributed by atoms with Gasteiger partial charge in [0.15, 0.2) is 0 Å². The second-order valence-electron chi connectivity index (χ2n) is 6.14. The molecule has 0 radical (unpaired) electrons. The lowest BCUT2D eigenvalue weighted by Crippen LogP contribution is -2.10. The van der Waals surface area contributed by atoms with Gasteiger partial charge in [0.1, 0.15) is 11.3 Å². The van der Waals surface area contributed by atoms with Crippen LogP contribution in [0.1, 0.15) is 33.2 Å². The van der Waals surface area contributed by atoms with Crippen molar-refractivity contribution in [3.63, 3.8) is 0 Å². The van der Waals surface area contributed by atoms with E-state index in [1.165, 1.54) is 13.3 Å². The summed E-state index contributed by atoms with van der Waals surface area (Å²) in [5.41, 5.74) is 2.80. The summed E-state index contributed by atoms with van der Waals surface area (Å²) >= 11 is 0. The Labute approximate surface area is 161 Å². The van der Waals surface area contributed by atoms with Crippen LogP contribution < -0.4 is 5.32 Å². The average molecular weight is 380 g/mol. The number of hydrogen-bond donors (Lipinski definition) is 2. The van der Waals surface area contributed by atoms with Crippen LogP contribution in [-0.2, 0) is 9.47 Å². The Hall–Kier alpha value is -3.61. The third-order valence-corrected chi connectivity index (χ3v) is 4.20. The Morgan fingerprint density at radius 3 is 2.64 bits per heavy atom. The minimum absolute atomic E-state index is 0.0227. The first-order valence-electron chi connectivity index (χ1n) is 8.69. The molecule has 0 amide bonds. The highest BCUT2D eigenvalue weighted by Crippen LogP contribution is 2.34. The van der Waals surface area contributed by atoms with E-state index < -0.39 is 11.9 Å². The zero-order valence-corrected chi connectivity index (χ0v) is 15.8. The zero-order chi connectivity index (χ0) is 20.3. The molecule has 0 saturated heterocycles. The monoisotopic (exact) mass is 380 g/mol. The number of benzene rings is 2. The molecule has 0 saturated carbocycles. The molecule has 0 atom stereocenters. The van der Waals surface area contributed by atoms with Gasteiger partial charge in [-0.15, -0.1) is 0 Å². The van der Waals surface area contributed by atoms with Crippen LogP contribution in [0.2, 0.25) is 0 Å². The van der Waals surface area contributed by atoms with Crippen molar-refractivity contribution in [2.75, 3.05) is 19.0 Å². The number of phenols is 1. The maximum atomic E-state index is 12.5. The van der Waals surface area contributed by atoms with Gasteiger partial charge in [-0.05, 0) is 49.7 Å². The van der Waals surface area contributed by atoms with Crippen molar-refractivity contribution in [2.45, 2.75) is 13.8 Å². The molecule has 0 unspecified atom stereocenters. The van der Waals surface area contributed by atoms with Crippen LogP contribution in [0.5, 0.6) is 5.75 Å². The summed E-state index contributed by atoms with van der Waals surface area (Å²) in [4.78, 5) is 28.7. The molecule has 3 rings (SSSR count). The number of carbonyl (C=O) groups is 2. The number of nitrogens with one attached hydrogen (secondary N) is 1. The normalized spacial score (nSPS) is 10.5. The number of hydrogen-bond acceptors (Lipinski definition) is 7. The number of aryl methyl sites for hydroxylation is 1. The van der Waals surface area contributed by atoms with Gasteiger partial charge in [-0.1, -0.05) is 6.07 Å². The molecule has 144 valence electrons. The summed E-state index contributed by atoms with van der Waals surface area (Å²) in [5, 5.41) is 13.8. The standard InChI is InChI=1S/C21H20N2O5/c1-4-28-21(26)15-11-22-16-7-6-13(20(25)27-3)10-14(16)19(15)23-17-9-12(2)5-8-18(17)24/h5-11,24H,4H2,1-3H3,(H,22,23). The van der Waals surface area contributed by atoms with Crippen molar-refractivity contribution >= 4 is 34.2 Å². The zero-order valence-electron chi connectivity index (χ0n) is 15.8. The minimum atomic E-state index is -0.560. The number of methoxy groups -OCH3 is 1. The molecule has 7 heteroatoms. The SMILES string of the molecule is CCOC(=O)c1cnc2ccc(C(=O)OC)cc2c1Nc1cc(C)ccc1O. The van der Waals surface area contributed by atoms with E-state index in [-0.39, 0.29) is 17.9 Å². The molecule has 7 nitrogen and oxygen atoms in total. The Morgan fingerprint density at radius 2 is 1.93 bits per heavy atom. The van der Waals surface area contributed by atoms with Crippen molar-refractivity contribution in [3.8, 4) is 5.75 Å². The van der Waals surface area contributed by atoms with E-state index in [2.05, 4.69) is 10.3 Å². The third kappa shape index (κ3) is 3.73. The number of ether oxygens (including phenoxy) is 2. The first kappa shape index (κ1) is 19.2. The molecule has 0 spiro atoms. The highest BCUT2D eigenvalue weighted by Gasteiger charge is 2.19. The van der Waals surface area contributed by atoms with Crippen LogP contribution >= 0.6 is 0 Å². The number of nitrogens with zero attached hydrogens (tertiary/aromatic N) is 1. The summed E-state index contributed by atoms with van der Waals surface area (Å²) in [5.74, 6) is -1.04. The van der Waals surface area contributed by atoms with Gasteiger partial charge in [0.25, 0.3) is 0 Å². The number of rotatable bonds is 5. The Balaban J connectivity index is 2.24. The molecule has 1 aromatic heterocycles. The van der Waals surface area contributed by atoms with E-state index in [0.29, 0.717) is 27.8 Å². The largest absolute Gasteiger partial charge is 0.506 e. The van der Waals surface area contributed by atoms with Crippen LogP contribution in [0.15, 0.2) is 42.6 Å². The van der Waals surface area contributed by atoms with Crippen molar-refractivity contribution in [1.29, 1.82) is 0 Å². The fourth-order valence-electron chi connectivity index (χ4n) is 2.82. The molecule has 28 heavy (non-hydrogen) atoms. The van der Waals surface area contributed by atoms with Crippen molar-refractivity contribution in [2.24, 2.45) is 0 Å². The maximum absolute atomic E-state index is 12.5. The number of pyridine rings is 1. The second kappa shape index (κ2) is 7.96. The number of anilines is 2. The van der Waals surface area contributed by atoms with E-state index in [4.69, 9.17) is 9.47 Å². The minimum Gasteiger partial charge on any atom is -0.506 e. The first-order valence-corrected chi connectivity index (χ1v) is 8.69. The van der Waals surface area contributed by atoms with Gasteiger partial charge in [-0.25, -0.2) is 9.59 Å². The topological polar surface area (TPSA) is 97.8 Å². The van der Waals surface area contributed by atoms with Gasteiger partial charge >= 0.3 is 11.9 Å². The highest BCUT2D eigenvalue weighted by molar-refractivity contribution is 6.08. The number of fused-ring (bicyclic) bond motifs is 1. The van der Waals surface area contributed by atoms with Crippen LogP contribution in [0.25, 0.3) is 10.9 Å². The molecule has 0 fully saturated rings. The lowest BCUT2D eigenvalue weighted by Gasteiger charge is -2.16. The molecule has 1 heterocycles. The number of phenolic OH excluding ortho intramolecular Hbond substituents is 1. The predicted molar refractivity (Wildman–Crippen MR) is 105 cm³/mol. The Kier molecular flexibility index (Phi) is 5.44. The molecule has 0 aliphatic carbocycles. The average Bonchev–Trinajstić information content (AvgIpc) is 2.70. The van der Waals surface area contributed by atoms with E-state index in [1.54, 1.807) is 43.3 Å². The van der Waals surface area contributed by atoms with Gasteiger partial charge in [0.2, 0.25) is 0 Å². The molecular formula is C21H20N2O5. The summed E-state index contributed by atoms with van der Waals surface area (Å²) in [7, 11) is 1.30. The van der Waals surface area contributed by atoms with Crippen molar-refractivity contribution in [1.82, 2.24) is 4.98 Å². The fraction of sp³-hybridized carbons (Fsp3) is 0.190. The quantitative estimate of drug-likeness (QED) is 0.511. The van der Waals surface area contributed by atoms with Gasteiger partial charge in [-0.2, -0.15) is 0 Å². The van der Waals surface area contributed by atoms with Crippen LogP contribution in [-0.4, -0.2) is 35.7 Å². The number of aromatic hydroxyl groups is 1. The second-order valence-corrected chi connectivity index (χ2v) is 6.14. The first-order chi connectivity index (χ1) is 13.4. The molecular weight excluding hydrogens is 360 g/mol. The molecule has 0 aliphatic rings. The van der Waals surface area contributed by atoms with Crippen molar-refractivity contribution in [3.05, 3.63) is 59.3 Å². The third-order valence-electron chi connectivity index (χ3n) is 4.20. The lowest BCUT2D eigenvalue weighted by molar-refractivity contribution is 0.0526. The van der Waals surface area contributed by atoms with E-state index in [1.807, 2.05) is 6.92 Å². The Bertz CT molecular complexity index is 1060. The van der Waals surface area contributed by atoms with E-state index in [0.717, 1.165) is 5.56 Å². The summed E-state index contributed by atoms with van der Waals surface area (Å²) in [6.45, 7) is 3.80. The smallest absolute Gasteiger partial charge is 0.341 e. The summed E-state index contributed by atoms with van der Waals surface area (Å²) in [6, 6.07) is 9.93. The molecule has 0 bridgehead atoms. The number of carbonyl (C=O) groups excluding carboxylic acids is 2. The molecule has 3 aromatic rings. The Morgan fingerprint density at radius 1 is 1.14 bits per heavy atom. The van der Waals surface area contributed by atoms with Crippen LogP contribution in [0, 0.1) is 6.92 Å². The molecule has 2 N–H and O–H groups in total. The summed E-state index contributed by atoms with van der Waals surface area (Å²) in [6.07, 6.45) is 1.41. The van der Waals surface area contributed by atoms with Crippen LogP contribution in [0.4, 0.5) is 11.4 Å². The van der Waals surface area contributed by atoms with Gasteiger partial charge in [0.05, 0.1) is 36.2 Å². The van der Waals surface area contributed by atoms with Gasteiger partial charge in [0, 0.05) is 11.6 Å². The van der Waals surface area contributed by atoms with Crippen LogP contribution in [0.3, 0.4) is 0 Å². The number of aromatic nitrogens is 1. The van der Waals surface area contributed by atoms with Crippen molar-refractivity contribution < 1.29 is 24.2 Å². The van der Waals surface area contributed by atoms with Gasteiger partial charge in [-0.3, -0.25) is 4.98 Å². The fourth-order valence-corrected chi connectivity index (χ4v) is 2.82. The predicted octanol–water partition coefficient (Wildman–Crippen LogP) is 3.96. The van der Waals surface area contributed by atoms with E-state index >= 15 is 0 Å². The molecule has 2 aromatic carbocycles. The molecule has 0 aliphatic heterocycles. The van der Waals surface area contributed by atoms with Gasteiger partial charge < -0.3 is 19.9 Å². The number of esters is 2. The highest BCUT2D eigenvalue weighted by atomic mass is 16.5. The summed E-state index contributed by atoms with van der Waals surface area (Å²) < 4.78 is 9.92. The van der Waals surface area contributed by atoms with E-state index in [9.17, 15) is 14.7 Å². The lowest BCUT2D eigenvalue weighted by atomic mass is 10.1. The maximum Gasteiger partial charge on any atom is 0.341 e.